The van der Waals surface area contributed by atoms with Crippen LogP contribution in [0.25, 0.3) is 0 Å². The highest BCUT2D eigenvalue weighted by molar-refractivity contribution is 7.89. The highest BCUT2D eigenvalue weighted by Gasteiger charge is 2.32. The summed E-state index contributed by atoms with van der Waals surface area (Å²) in [4.78, 5) is 7.30. The molecule has 5 rings (SSSR count). The highest BCUT2D eigenvalue weighted by Crippen LogP contribution is 2.40. The standard InChI is InChI=1S/C26H27N3O5S/c1-18-7-10-23-25(15-18)34-24-17-20(33-3)8-9-22(24)26(27-23)28-11-13-29(14-12-28)35(30,31)21-6-4-5-19(16-21)32-2/h4-10,15-17H,11-14H2,1-3H3. The Labute approximate surface area is 205 Å². The largest absolute Gasteiger partial charge is 0.497 e. The van der Waals surface area contributed by atoms with Crippen LogP contribution in [0.5, 0.6) is 23.0 Å². The van der Waals surface area contributed by atoms with E-state index in [1.807, 2.05) is 43.3 Å². The molecule has 0 N–H and O–H groups in total. The summed E-state index contributed by atoms with van der Waals surface area (Å²) in [5.74, 6) is 3.28. The second-order valence-corrected chi connectivity index (χ2v) is 10.4. The van der Waals surface area contributed by atoms with E-state index in [0.717, 1.165) is 22.6 Å². The molecule has 0 radical (unpaired) electrons. The molecule has 182 valence electrons. The zero-order chi connectivity index (χ0) is 24.6. The number of nitrogens with zero attached hydrogens (tertiary/aromatic N) is 3. The number of ether oxygens (including phenoxy) is 3. The lowest BCUT2D eigenvalue weighted by Gasteiger charge is -2.36. The Morgan fingerprint density at radius 2 is 1.60 bits per heavy atom. The maximum absolute atomic E-state index is 13.2. The first-order chi connectivity index (χ1) is 16.9. The van der Waals surface area contributed by atoms with E-state index in [1.165, 1.54) is 11.4 Å². The van der Waals surface area contributed by atoms with Gasteiger partial charge in [-0.3, -0.25) is 0 Å². The number of aryl methyl sites for hydroxylation is 1. The Bertz CT molecular complexity index is 1400. The van der Waals surface area contributed by atoms with Crippen molar-refractivity contribution in [3.63, 3.8) is 0 Å². The van der Waals surface area contributed by atoms with Crippen molar-refractivity contribution in [1.29, 1.82) is 0 Å². The van der Waals surface area contributed by atoms with E-state index in [9.17, 15) is 8.42 Å². The Hall–Kier alpha value is -3.56. The summed E-state index contributed by atoms with van der Waals surface area (Å²) in [7, 11) is -0.492. The minimum absolute atomic E-state index is 0.229. The van der Waals surface area contributed by atoms with Crippen molar-refractivity contribution in [1.82, 2.24) is 9.21 Å². The number of fused-ring (bicyclic) bond motifs is 2. The smallest absolute Gasteiger partial charge is 0.243 e. The van der Waals surface area contributed by atoms with Crippen LogP contribution in [0.4, 0.5) is 5.69 Å². The zero-order valence-corrected chi connectivity index (χ0v) is 20.7. The van der Waals surface area contributed by atoms with Gasteiger partial charge in [0.25, 0.3) is 0 Å². The molecule has 35 heavy (non-hydrogen) atoms. The van der Waals surface area contributed by atoms with Crippen LogP contribution in [-0.2, 0) is 10.0 Å². The summed E-state index contributed by atoms with van der Waals surface area (Å²) in [6.45, 7) is 3.67. The molecule has 0 unspecified atom stereocenters. The molecule has 0 amide bonds. The Morgan fingerprint density at radius 1 is 0.857 bits per heavy atom. The summed E-state index contributed by atoms with van der Waals surface area (Å²) in [6, 6.07) is 18.1. The van der Waals surface area contributed by atoms with E-state index in [0.29, 0.717) is 49.2 Å². The van der Waals surface area contributed by atoms with Gasteiger partial charge in [0.2, 0.25) is 10.0 Å². The van der Waals surface area contributed by atoms with Gasteiger partial charge in [0.15, 0.2) is 5.75 Å². The van der Waals surface area contributed by atoms with Gasteiger partial charge in [-0.25, -0.2) is 13.4 Å². The van der Waals surface area contributed by atoms with Gasteiger partial charge < -0.3 is 19.1 Å². The molecule has 3 aromatic carbocycles. The third kappa shape index (κ3) is 4.44. The van der Waals surface area contributed by atoms with E-state index in [2.05, 4.69) is 4.90 Å². The quantitative estimate of drug-likeness (QED) is 0.542. The number of hydrogen-bond acceptors (Lipinski definition) is 7. The maximum atomic E-state index is 13.2. The predicted octanol–water partition coefficient (Wildman–Crippen LogP) is 4.20. The zero-order valence-electron chi connectivity index (χ0n) is 19.9. The summed E-state index contributed by atoms with van der Waals surface area (Å²) in [5, 5.41) is 0. The number of methoxy groups -OCH3 is 2. The molecule has 0 spiro atoms. The number of piperazine rings is 1. The fourth-order valence-electron chi connectivity index (χ4n) is 4.28. The summed E-state index contributed by atoms with van der Waals surface area (Å²) >= 11 is 0. The van der Waals surface area contributed by atoms with Gasteiger partial charge in [-0.2, -0.15) is 4.31 Å². The summed E-state index contributed by atoms with van der Waals surface area (Å²) < 4.78 is 44.9. The molecule has 0 bridgehead atoms. The van der Waals surface area contributed by atoms with Gasteiger partial charge in [-0.05, 0) is 48.9 Å². The predicted molar refractivity (Wildman–Crippen MR) is 134 cm³/mol. The van der Waals surface area contributed by atoms with Gasteiger partial charge in [0.05, 0.1) is 24.7 Å². The molecule has 3 aromatic rings. The Morgan fingerprint density at radius 3 is 2.34 bits per heavy atom. The van der Waals surface area contributed by atoms with Crippen LogP contribution in [0, 0.1) is 6.92 Å². The number of benzene rings is 3. The lowest BCUT2D eigenvalue weighted by Crippen LogP contribution is -2.50. The first-order valence-corrected chi connectivity index (χ1v) is 12.8. The number of hydrogen-bond donors (Lipinski definition) is 0. The molecule has 0 atom stereocenters. The van der Waals surface area contributed by atoms with Gasteiger partial charge in [0.1, 0.15) is 28.8 Å². The lowest BCUT2D eigenvalue weighted by molar-refractivity contribution is 0.266. The van der Waals surface area contributed by atoms with Crippen molar-refractivity contribution in [2.45, 2.75) is 11.8 Å². The molecule has 0 saturated carbocycles. The molecule has 2 aliphatic rings. The van der Waals surface area contributed by atoms with Crippen LogP contribution >= 0.6 is 0 Å². The van der Waals surface area contributed by atoms with Gasteiger partial charge >= 0.3 is 0 Å². The van der Waals surface area contributed by atoms with Crippen molar-refractivity contribution in [3.8, 4) is 23.0 Å². The fourth-order valence-corrected chi connectivity index (χ4v) is 5.74. The van der Waals surface area contributed by atoms with E-state index >= 15 is 0 Å². The van der Waals surface area contributed by atoms with Crippen molar-refractivity contribution in [2.24, 2.45) is 4.99 Å². The van der Waals surface area contributed by atoms with Crippen molar-refractivity contribution in [3.05, 3.63) is 71.8 Å². The number of amidine groups is 1. The molecule has 0 aromatic heterocycles. The third-order valence-corrected chi connectivity index (χ3v) is 8.10. The highest BCUT2D eigenvalue weighted by atomic mass is 32.2. The van der Waals surface area contributed by atoms with E-state index < -0.39 is 10.0 Å². The summed E-state index contributed by atoms with van der Waals surface area (Å²) in [5.41, 5.74) is 2.64. The van der Waals surface area contributed by atoms with Crippen LogP contribution < -0.4 is 14.2 Å². The molecule has 8 nitrogen and oxygen atoms in total. The molecule has 1 saturated heterocycles. The number of aliphatic imine (C=N–C) groups is 1. The Kier molecular flexibility index (Phi) is 6.12. The third-order valence-electron chi connectivity index (χ3n) is 6.21. The van der Waals surface area contributed by atoms with E-state index in [-0.39, 0.29) is 4.90 Å². The first kappa shape index (κ1) is 23.2. The van der Waals surface area contributed by atoms with E-state index in [4.69, 9.17) is 19.2 Å². The van der Waals surface area contributed by atoms with E-state index in [1.54, 1.807) is 31.4 Å². The monoisotopic (exact) mass is 493 g/mol. The van der Waals surface area contributed by atoms with Gasteiger partial charge in [0, 0.05) is 38.3 Å². The fraction of sp³-hybridized carbons (Fsp3) is 0.269. The normalized spacial score (nSPS) is 15.9. The average Bonchev–Trinajstić information content (AvgIpc) is 3.04. The van der Waals surface area contributed by atoms with Crippen molar-refractivity contribution < 1.29 is 22.6 Å². The van der Waals surface area contributed by atoms with Crippen molar-refractivity contribution >= 4 is 21.5 Å². The lowest BCUT2D eigenvalue weighted by atomic mass is 10.1. The molecule has 1 fully saturated rings. The minimum Gasteiger partial charge on any atom is -0.497 e. The summed E-state index contributed by atoms with van der Waals surface area (Å²) in [6.07, 6.45) is 0. The molecule has 9 heteroatoms. The van der Waals surface area contributed by atoms with Crippen molar-refractivity contribution in [2.75, 3.05) is 40.4 Å². The maximum Gasteiger partial charge on any atom is 0.243 e. The SMILES string of the molecule is COc1cccc(S(=O)(=O)N2CCN(C3=Nc4ccc(C)cc4Oc4cc(OC)ccc43)CC2)c1. The average molecular weight is 494 g/mol. The van der Waals surface area contributed by atoms with Gasteiger partial charge in [-0.1, -0.05) is 12.1 Å². The number of rotatable bonds is 4. The van der Waals surface area contributed by atoms with Crippen LogP contribution in [0.3, 0.4) is 0 Å². The van der Waals surface area contributed by atoms with Gasteiger partial charge in [-0.15, -0.1) is 0 Å². The topological polar surface area (TPSA) is 80.7 Å². The molecular formula is C26H27N3O5S. The molecule has 2 heterocycles. The first-order valence-electron chi connectivity index (χ1n) is 11.3. The number of sulfonamides is 1. The molecule has 0 aliphatic carbocycles. The van der Waals surface area contributed by atoms with Crippen LogP contribution in [0.1, 0.15) is 11.1 Å². The van der Waals surface area contributed by atoms with Crippen LogP contribution in [0.2, 0.25) is 0 Å². The Balaban J connectivity index is 1.45. The van der Waals surface area contributed by atoms with Crippen LogP contribution in [-0.4, -0.2) is 63.9 Å². The molecular weight excluding hydrogens is 466 g/mol. The second-order valence-electron chi connectivity index (χ2n) is 8.44. The second kappa shape index (κ2) is 9.24. The molecule has 2 aliphatic heterocycles. The van der Waals surface area contributed by atoms with Crippen LogP contribution in [0.15, 0.2) is 70.6 Å². The minimum atomic E-state index is -3.63.